The van der Waals surface area contributed by atoms with Crippen molar-refractivity contribution in [1.29, 1.82) is 0 Å². The van der Waals surface area contributed by atoms with Gasteiger partial charge in [0, 0.05) is 25.0 Å². The second-order valence-electron chi connectivity index (χ2n) is 4.20. The zero-order valence-corrected chi connectivity index (χ0v) is 10.7. The molecular formula is C15H17FN2. The van der Waals surface area contributed by atoms with E-state index in [1.807, 2.05) is 43.3 Å². The third-order valence-corrected chi connectivity index (χ3v) is 2.92. The van der Waals surface area contributed by atoms with E-state index < -0.39 is 0 Å². The summed E-state index contributed by atoms with van der Waals surface area (Å²) in [6.07, 6.45) is 0. The molecule has 0 amide bonds. The van der Waals surface area contributed by atoms with Gasteiger partial charge in [-0.15, -0.1) is 0 Å². The lowest BCUT2D eigenvalue weighted by molar-refractivity contribution is 0.628. The van der Waals surface area contributed by atoms with Gasteiger partial charge in [0.05, 0.1) is 0 Å². The topological polar surface area (TPSA) is 15.3 Å². The first kappa shape index (κ1) is 12.6. The van der Waals surface area contributed by atoms with Gasteiger partial charge in [-0.25, -0.2) is 4.39 Å². The number of hydrogen-bond acceptors (Lipinski definition) is 2. The van der Waals surface area contributed by atoms with E-state index in [1.54, 1.807) is 6.07 Å². The molecule has 1 N–H and O–H groups in total. The molecule has 3 heteroatoms. The van der Waals surface area contributed by atoms with Crippen LogP contribution in [0.3, 0.4) is 0 Å². The van der Waals surface area contributed by atoms with Crippen molar-refractivity contribution in [2.75, 3.05) is 19.0 Å². The fourth-order valence-electron chi connectivity index (χ4n) is 2.00. The van der Waals surface area contributed by atoms with Crippen LogP contribution >= 0.6 is 0 Å². The summed E-state index contributed by atoms with van der Waals surface area (Å²) in [5.74, 6) is -0.217. The zero-order valence-electron chi connectivity index (χ0n) is 10.7. The minimum absolute atomic E-state index is 0.217. The zero-order chi connectivity index (χ0) is 13.0. The average Bonchev–Trinajstić information content (AvgIpc) is 2.39. The number of para-hydroxylation sites is 1. The maximum absolute atomic E-state index is 13.3. The molecule has 94 valence electrons. The Labute approximate surface area is 107 Å². The Morgan fingerprint density at radius 3 is 2.61 bits per heavy atom. The number of nitrogens with zero attached hydrogens (tertiary/aromatic N) is 1. The fourth-order valence-corrected chi connectivity index (χ4v) is 2.00. The number of halogens is 1. The van der Waals surface area contributed by atoms with Gasteiger partial charge in [-0.2, -0.15) is 0 Å². The minimum atomic E-state index is -0.217. The molecule has 0 aromatic heterocycles. The standard InChI is InChI=1S/C15H17FN2/c1-17-11-12-6-3-4-9-15(12)18(2)14-8-5-7-13(16)10-14/h3-10,17H,11H2,1-2H3. The molecule has 0 fully saturated rings. The second-order valence-corrected chi connectivity index (χ2v) is 4.20. The predicted molar refractivity (Wildman–Crippen MR) is 73.7 cm³/mol. The molecule has 0 saturated heterocycles. The minimum Gasteiger partial charge on any atom is -0.344 e. The van der Waals surface area contributed by atoms with Gasteiger partial charge in [0.1, 0.15) is 5.82 Å². The Morgan fingerprint density at radius 1 is 1.11 bits per heavy atom. The molecule has 0 atom stereocenters. The molecule has 2 aromatic carbocycles. The normalized spacial score (nSPS) is 10.4. The van der Waals surface area contributed by atoms with Crippen LogP contribution in [0, 0.1) is 5.82 Å². The molecule has 18 heavy (non-hydrogen) atoms. The summed E-state index contributed by atoms with van der Waals surface area (Å²) in [5, 5.41) is 3.14. The number of nitrogens with one attached hydrogen (secondary N) is 1. The molecule has 2 aromatic rings. The second kappa shape index (κ2) is 5.65. The molecule has 0 spiro atoms. The Bertz CT molecular complexity index is 525. The quantitative estimate of drug-likeness (QED) is 0.887. The Hall–Kier alpha value is -1.87. The van der Waals surface area contributed by atoms with Crippen LogP contribution in [0.5, 0.6) is 0 Å². The number of anilines is 2. The highest BCUT2D eigenvalue weighted by atomic mass is 19.1. The first-order chi connectivity index (χ1) is 8.72. The number of rotatable bonds is 4. The van der Waals surface area contributed by atoms with Crippen LogP contribution < -0.4 is 10.2 Å². The van der Waals surface area contributed by atoms with E-state index in [-0.39, 0.29) is 5.82 Å². The van der Waals surface area contributed by atoms with Gasteiger partial charge in [0.15, 0.2) is 0 Å². The summed E-state index contributed by atoms with van der Waals surface area (Å²) in [4.78, 5) is 2.00. The van der Waals surface area contributed by atoms with Crippen LogP contribution in [0.2, 0.25) is 0 Å². The molecule has 0 unspecified atom stereocenters. The Morgan fingerprint density at radius 2 is 1.89 bits per heavy atom. The van der Waals surface area contributed by atoms with Crippen molar-refractivity contribution in [3.63, 3.8) is 0 Å². The highest BCUT2D eigenvalue weighted by Crippen LogP contribution is 2.27. The number of benzene rings is 2. The van der Waals surface area contributed by atoms with Crippen molar-refractivity contribution < 1.29 is 4.39 Å². The summed E-state index contributed by atoms with van der Waals surface area (Å²) in [7, 11) is 3.86. The average molecular weight is 244 g/mol. The predicted octanol–water partition coefficient (Wildman–Crippen LogP) is 3.31. The third-order valence-electron chi connectivity index (χ3n) is 2.92. The van der Waals surface area contributed by atoms with E-state index in [1.165, 1.54) is 17.7 Å². The van der Waals surface area contributed by atoms with Gasteiger partial charge in [-0.3, -0.25) is 0 Å². The molecule has 0 bridgehead atoms. The van der Waals surface area contributed by atoms with Crippen LogP contribution in [-0.2, 0) is 6.54 Å². The monoisotopic (exact) mass is 244 g/mol. The van der Waals surface area contributed by atoms with Gasteiger partial charge in [0.25, 0.3) is 0 Å². The molecule has 0 radical (unpaired) electrons. The maximum atomic E-state index is 13.3. The summed E-state index contributed by atoms with van der Waals surface area (Å²) in [6.45, 7) is 0.788. The van der Waals surface area contributed by atoms with Crippen molar-refractivity contribution in [1.82, 2.24) is 5.32 Å². The van der Waals surface area contributed by atoms with Crippen LogP contribution in [0.25, 0.3) is 0 Å². The van der Waals surface area contributed by atoms with Gasteiger partial charge in [0.2, 0.25) is 0 Å². The first-order valence-corrected chi connectivity index (χ1v) is 5.94. The maximum Gasteiger partial charge on any atom is 0.125 e. The van der Waals surface area contributed by atoms with Crippen LogP contribution in [-0.4, -0.2) is 14.1 Å². The van der Waals surface area contributed by atoms with Gasteiger partial charge >= 0.3 is 0 Å². The van der Waals surface area contributed by atoms with E-state index >= 15 is 0 Å². The van der Waals surface area contributed by atoms with Gasteiger partial charge in [-0.05, 0) is 36.9 Å². The van der Waals surface area contributed by atoms with Gasteiger partial charge in [-0.1, -0.05) is 24.3 Å². The van der Waals surface area contributed by atoms with Crippen LogP contribution in [0.1, 0.15) is 5.56 Å². The van der Waals surface area contributed by atoms with E-state index in [4.69, 9.17) is 0 Å². The molecule has 0 aliphatic heterocycles. The van der Waals surface area contributed by atoms with Crippen molar-refractivity contribution in [2.45, 2.75) is 6.54 Å². The van der Waals surface area contributed by atoms with E-state index in [2.05, 4.69) is 11.4 Å². The Kier molecular flexibility index (Phi) is 3.95. The van der Waals surface area contributed by atoms with Crippen LogP contribution in [0.15, 0.2) is 48.5 Å². The molecule has 0 heterocycles. The molecule has 0 aliphatic carbocycles. The van der Waals surface area contributed by atoms with Crippen molar-refractivity contribution in [2.24, 2.45) is 0 Å². The summed E-state index contributed by atoms with van der Waals surface area (Å²) in [5.41, 5.74) is 3.11. The summed E-state index contributed by atoms with van der Waals surface area (Å²) < 4.78 is 13.3. The largest absolute Gasteiger partial charge is 0.344 e. The van der Waals surface area contributed by atoms with E-state index in [0.717, 1.165) is 17.9 Å². The highest BCUT2D eigenvalue weighted by Gasteiger charge is 2.08. The van der Waals surface area contributed by atoms with Crippen molar-refractivity contribution >= 4 is 11.4 Å². The third kappa shape index (κ3) is 2.68. The molecule has 0 saturated carbocycles. The van der Waals surface area contributed by atoms with Crippen molar-refractivity contribution in [3.05, 3.63) is 59.9 Å². The molecular weight excluding hydrogens is 227 g/mol. The van der Waals surface area contributed by atoms with Gasteiger partial charge < -0.3 is 10.2 Å². The lowest BCUT2D eigenvalue weighted by Gasteiger charge is -2.22. The summed E-state index contributed by atoms with van der Waals surface area (Å²) >= 11 is 0. The van der Waals surface area contributed by atoms with Crippen LogP contribution in [0.4, 0.5) is 15.8 Å². The van der Waals surface area contributed by atoms with E-state index in [0.29, 0.717) is 0 Å². The SMILES string of the molecule is CNCc1ccccc1N(C)c1cccc(F)c1. The lowest BCUT2D eigenvalue weighted by atomic mass is 10.1. The van der Waals surface area contributed by atoms with E-state index in [9.17, 15) is 4.39 Å². The molecule has 2 nitrogen and oxygen atoms in total. The number of hydrogen-bond donors (Lipinski definition) is 1. The summed E-state index contributed by atoms with van der Waals surface area (Å²) in [6, 6.07) is 14.7. The first-order valence-electron chi connectivity index (χ1n) is 5.94. The van der Waals surface area contributed by atoms with Crippen molar-refractivity contribution in [3.8, 4) is 0 Å². The Balaban J connectivity index is 2.36. The lowest BCUT2D eigenvalue weighted by Crippen LogP contribution is -2.14. The smallest absolute Gasteiger partial charge is 0.125 e. The molecule has 2 rings (SSSR count). The fraction of sp³-hybridized carbons (Fsp3) is 0.200. The highest BCUT2D eigenvalue weighted by molar-refractivity contribution is 5.65. The molecule has 0 aliphatic rings.